The van der Waals surface area contributed by atoms with Crippen molar-refractivity contribution in [3.63, 3.8) is 0 Å². The van der Waals surface area contributed by atoms with Gasteiger partial charge in [0, 0.05) is 15.7 Å². The fraction of sp³-hybridized carbons (Fsp3) is 0.100. The zero-order valence-electron chi connectivity index (χ0n) is 13.6. The zero-order valence-corrected chi connectivity index (χ0v) is 15.2. The third-order valence-corrected chi connectivity index (χ3v) is 4.19. The summed E-state index contributed by atoms with van der Waals surface area (Å²) >= 11 is 3.44. The minimum Gasteiger partial charge on any atom is -0.484 e. The molecule has 0 aliphatic carbocycles. The third kappa shape index (κ3) is 4.45. The summed E-state index contributed by atoms with van der Waals surface area (Å²) in [5.41, 5.74) is 1.13. The van der Waals surface area contributed by atoms with Crippen molar-refractivity contribution in [2.45, 2.75) is 6.92 Å². The van der Waals surface area contributed by atoms with Gasteiger partial charge >= 0.3 is 0 Å². The topological polar surface area (TPSA) is 55.4 Å². The Bertz CT molecular complexity index is 953. The molecule has 0 heterocycles. The molecule has 0 aliphatic heterocycles. The molecule has 5 heteroatoms. The molecule has 0 radical (unpaired) electrons. The lowest BCUT2D eigenvalue weighted by Gasteiger charge is -2.09. The molecule has 3 aromatic rings. The summed E-state index contributed by atoms with van der Waals surface area (Å²) in [7, 11) is 0. The molecule has 0 atom stereocenters. The van der Waals surface area contributed by atoms with Gasteiger partial charge in [-0.25, -0.2) is 0 Å². The molecule has 4 nitrogen and oxygen atoms in total. The van der Waals surface area contributed by atoms with Crippen LogP contribution in [0.3, 0.4) is 0 Å². The molecule has 0 bridgehead atoms. The normalized spacial score (nSPS) is 10.5. The second kappa shape index (κ2) is 7.49. The van der Waals surface area contributed by atoms with Crippen LogP contribution in [0.15, 0.2) is 65.1 Å². The number of benzene rings is 3. The molecule has 0 aromatic heterocycles. The van der Waals surface area contributed by atoms with Crippen LogP contribution in [0.2, 0.25) is 0 Å². The molecule has 0 fully saturated rings. The van der Waals surface area contributed by atoms with E-state index in [0.717, 1.165) is 15.2 Å². The smallest absolute Gasteiger partial charge is 0.262 e. The maximum absolute atomic E-state index is 12.0. The van der Waals surface area contributed by atoms with Gasteiger partial charge in [-0.05, 0) is 54.1 Å². The molecular formula is C20H16BrNO3. The van der Waals surface area contributed by atoms with Crippen LogP contribution >= 0.6 is 15.9 Å². The molecular weight excluding hydrogens is 382 g/mol. The van der Waals surface area contributed by atoms with Gasteiger partial charge in [-0.3, -0.25) is 9.59 Å². The Kier molecular flexibility index (Phi) is 5.14. The number of hydrogen-bond acceptors (Lipinski definition) is 3. The molecule has 1 N–H and O–H groups in total. The summed E-state index contributed by atoms with van der Waals surface area (Å²) in [6.07, 6.45) is 0. The number of fused-ring (bicyclic) bond motifs is 1. The van der Waals surface area contributed by atoms with Crippen molar-refractivity contribution in [2.24, 2.45) is 0 Å². The van der Waals surface area contributed by atoms with Gasteiger partial charge in [-0.2, -0.15) is 0 Å². The third-order valence-electron chi connectivity index (χ3n) is 3.70. The lowest BCUT2D eigenvalue weighted by Crippen LogP contribution is -2.20. The lowest BCUT2D eigenvalue weighted by molar-refractivity contribution is -0.118. The Balaban J connectivity index is 1.63. The van der Waals surface area contributed by atoms with E-state index in [1.807, 2.05) is 36.4 Å². The highest BCUT2D eigenvalue weighted by Crippen LogP contribution is 2.24. The molecule has 0 saturated heterocycles. The predicted octanol–water partition coefficient (Wildman–Crippen LogP) is 4.82. The van der Waals surface area contributed by atoms with Crippen molar-refractivity contribution < 1.29 is 14.3 Å². The number of ketones is 1. The highest BCUT2D eigenvalue weighted by atomic mass is 79.9. The predicted molar refractivity (Wildman–Crippen MR) is 102 cm³/mol. The van der Waals surface area contributed by atoms with Gasteiger partial charge in [0.05, 0.1) is 0 Å². The van der Waals surface area contributed by atoms with Crippen molar-refractivity contribution >= 4 is 44.1 Å². The van der Waals surface area contributed by atoms with Gasteiger partial charge in [0.25, 0.3) is 5.91 Å². The molecule has 1 amide bonds. The number of carbonyl (C=O) groups is 2. The fourth-order valence-corrected chi connectivity index (χ4v) is 2.83. The van der Waals surface area contributed by atoms with Gasteiger partial charge in [0.1, 0.15) is 5.75 Å². The molecule has 0 spiro atoms. The minimum absolute atomic E-state index is 0.0462. The van der Waals surface area contributed by atoms with Gasteiger partial charge in [-0.1, -0.05) is 40.2 Å². The molecule has 0 unspecified atom stereocenters. The number of amides is 1. The Morgan fingerprint density at radius 1 is 1.00 bits per heavy atom. The minimum atomic E-state index is -0.281. The summed E-state index contributed by atoms with van der Waals surface area (Å²) in [5, 5.41) is 4.86. The second-order valence-corrected chi connectivity index (χ2v) is 6.54. The summed E-state index contributed by atoms with van der Waals surface area (Å²) < 4.78 is 6.58. The summed E-state index contributed by atoms with van der Waals surface area (Å²) in [6, 6.07) is 18.5. The van der Waals surface area contributed by atoms with Crippen LogP contribution in [-0.2, 0) is 4.79 Å². The summed E-state index contributed by atoms with van der Waals surface area (Å²) in [6.45, 7) is 1.38. The highest BCUT2D eigenvalue weighted by molar-refractivity contribution is 9.10. The Hall–Kier alpha value is -2.66. The van der Waals surface area contributed by atoms with E-state index < -0.39 is 0 Å². The number of carbonyl (C=O) groups excluding carboxylic acids is 2. The van der Waals surface area contributed by atoms with E-state index in [2.05, 4.69) is 21.2 Å². The van der Waals surface area contributed by atoms with Gasteiger partial charge < -0.3 is 10.1 Å². The lowest BCUT2D eigenvalue weighted by atomic mass is 10.1. The first-order valence-electron chi connectivity index (χ1n) is 7.74. The van der Waals surface area contributed by atoms with E-state index in [1.54, 1.807) is 24.3 Å². The van der Waals surface area contributed by atoms with Crippen LogP contribution in [0.1, 0.15) is 17.3 Å². The quantitative estimate of drug-likeness (QED) is 0.627. The Morgan fingerprint density at radius 2 is 1.76 bits per heavy atom. The van der Waals surface area contributed by atoms with Crippen molar-refractivity contribution in [3.8, 4) is 5.75 Å². The van der Waals surface area contributed by atoms with Crippen LogP contribution < -0.4 is 10.1 Å². The van der Waals surface area contributed by atoms with Crippen LogP contribution in [0.5, 0.6) is 5.75 Å². The monoisotopic (exact) mass is 397 g/mol. The van der Waals surface area contributed by atoms with Crippen LogP contribution in [-0.4, -0.2) is 18.3 Å². The number of halogens is 1. The number of rotatable bonds is 5. The average molecular weight is 398 g/mol. The maximum Gasteiger partial charge on any atom is 0.262 e. The largest absolute Gasteiger partial charge is 0.484 e. The second-order valence-electron chi connectivity index (χ2n) is 5.63. The van der Waals surface area contributed by atoms with Gasteiger partial charge in [0.2, 0.25) is 0 Å². The van der Waals surface area contributed by atoms with Gasteiger partial charge in [-0.15, -0.1) is 0 Å². The molecule has 0 saturated carbocycles. The van der Waals surface area contributed by atoms with Crippen LogP contribution in [0.25, 0.3) is 10.8 Å². The van der Waals surface area contributed by atoms with Crippen molar-refractivity contribution in [3.05, 3.63) is 70.7 Å². The van der Waals surface area contributed by atoms with E-state index >= 15 is 0 Å². The maximum atomic E-state index is 12.0. The number of ether oxygens (including phenoxy) is 1. The standard InChI is InChI=1S/C20H16BrNO3/c1-13(23)14-3-2-4-18(10-14)22-20(24)12-25-19-8-6-15-9-17(21)7-5-16(15)11-19/h2-11H,12H2,1H3,(H,22,24). The first kappa shape index (κ1) is 17.2. The Morgan fingerprint density at radius 3 is 2.56 bits per heavy atom. The van der Waals surface area contributed by atoms with Crippen molar-refractivity contribution in [1.82, 2.24) is 0 Å². The first-order chi connectivity index (χ1) is 12.0. The summed E-state index contributed by atoms with van der Waals surface area (Å²) in [4.78, 5) is 23.4. The van der Waals surface area contributed by atoms with E-state index in [9.17, 15) is 9.59 Å². The van der Waals surface area contributed by atoms with E-state index in [-0.39, 0.29) is 18.3 Å². The highest BCUT2D eigenvalue weighted by Gasteiger charge is 2.06. The van der Waals surface area contributed by atoms with Crippen LogP contribution in [0, 0.1) is 0 Å². The fourth-order valence-electron chi connectivity index (χ4n) is 2.45. The molecule has 0 aliphatic rings. The number of Topliss-reactive ketones (excluding diaryl/α,β-unsaturated/α-hetero) is 1. The molecule has 25 heavy (non-hydrogen) atoms. The van der Waals surface area contributed by atoms with E-state index in [1.165, 1.54) is 6.92 Å². The van der Waals surface area contributed by atoms with Gasteiger partial charge in [0.15, 0.2) is 12.4 Å². The summed E-state index contributed by atoms with van der Waals surface area (Å²) in [5.74, 6) is 0.300. The average Bonchev–Trinajstić information content (AvgIpc) is 2.60. The van der Waals surface area contributed by atoms with Crippen molar-refractivity contribution in [2.75, 3.05) is 11.9 Å². The Labute approximate surface area is 153 Å². The molecule has 126 valence electrons. The SMILES string of the molecule is CC(=O)c1cccc(NC(=O)COc2ccc3cc(Br)ccc3c2)c1. The molecule has 3 aromatic carbocycles. The zero-order chi connectivity index (χ0) is 17.8. The number of nitrogens with one attached hydrogen (secondary N) is 1. The molecule has 3 rings (SSSR count). The first-order valence-corrected chi connectivity index (χ1v) is 8.53. The van der Waals surface area contributed by atoms with Crippen LogP contribution in [0.4, 0.5) is 5.69 Å². The van der Waals surface area contributed by atoms with E-state index in [4.69, 9.17) is 4.74 Å². The van der Waals surface area contributed by atoms with E-state index in [0.29, 0.717) is 17.0 Å². The number of anilines is 1. The number of hydrogen-bond donors (Lipinski definition) is 1. The van der Waals surface area contributed by atoms with Crippen molar-refractivity contribution in [1.29, 1.82) is 0 Å².